The topological polar surface area (TPSA) is 54.7 Å². The average molecular weight is 247 g/mol. The fourth-order valence-corrected chi connectivity index (χ4v) is 3.85. The van der Waals surface area contributed by atoms with Crippen molar-refractivity contribution < 1.29 is 0 Å². The predicted molar refractivity (Wildman–Crippen MR) is 72.4 cm³/mol. The number of H-pyrrole nitrogens is 1. The van der Waals surface area contributed by atoms with E-state index >= 15 is 0 Å². The zero-order valence-corrected chi connectivity index (χ0v) is 11.0. The van der Waals surface area contributed by atoms with E-state index in [4.69, 9.17) is 5.73 Å². The van der Waals surface area contributed by atoms with Gasteiger partial charge in [-0.2, -0.15) is 5.10 Å². The van der Waals surface area contributed by atoms with Crippen LogP contribution in [0.4, 0.5) is 5.82 Å². The summed E-state index contributed by atoms with van der Waals surface area (Å²) in [4.78, 5) is 2.84. The zero-order chi connectivity index (χ0) is 12.0. The van der Waals surface area contributed by atoms with E-state index in [1.807, 2.05) is 11.3 Å². The number of aromatic amines is 1. The fourth-order valence-electron chi connectivity index (χ4n) is 2.59. The van der Waals surface area contributed by atoms with Gasteiger partial charge >= 0.3 is 0 Å². The number of hydrogen-bond donors (Lipinski definition) is 2. The Balaban J connectivity index is 2.09. The molecule has 0 spiro atoms. The van der Waals surface area contributed by atoms with Crippen LogP contribution in [0.1, 0.15) is 42.2 Å². The molecule has 4 heteroatoms. The van der Waals surface area contributed by atoms with E-state index in [2.05, 4.69) is 30.1 Å². The lowest BCUT2D eigenvalue weighted by molar-refractivity contribution is 0.873. The third-order valence-electron chi connectivity index (χ3n) is 3.40. The SMILES string of the molecule is CC(C)c1c(N)n[nH]c1-c1cc2c(s1)CCC2. The molecule has 90 valence electrons. The van der Waals surface area contributed by atoms with Gasteiger partial charge in [-0.25, -0.2) is 0 Å². The number of anilines is 1. The molecule has 3 rings (SSSR count). The summed E-state index contributed by atoms with van der Waals surface area (Å²) in [7, 11) is 0. The lowest BCUT2D eigenvalue weighted by Gasteiger charge is -2.05. The van der Waals surface area contributed by atoms with Gasteiger partial charge in [-0.15, -0.1) is 11.3 Å². The van der Waals surface area contributed by atoms with Crippen LogP contribution in [0.5, 0.6) is 0 Å². The van der Waals surface area contributed by atoms with Crippen LogP contribution < -0.4 is 5.73 Å². The highest BCUT2D eigenvalue weighted by atomic mass is 32.1. The van der Waals surface area contributed by atoms with Crippen LogP contribution in [0.2, 0.25) is 0 Å². The van der Waals surface area contributed by atoms with E-state index in [-0.39, 0.29) is 0 Å². The maximum atomic E-state index is 5.93. The van der Waals surface area contributed by atoms with Crippen molar-refractivity contribution in [3.63, 3.8) is 0 Å². The molecule has 2 heterocycles. The highest BCUT2D eigenvalue weighted by Gasteiger charge is 2.21. The van der Waals surface area contributed by atoms with Crippen LogP contribution in [-0.2, 0) is 12.8 Å². The van der Waals surface area contributed by atoms with Gasteiger partial charge in [0.2, 0.25) is 0 Å². The van der Waals surface area contributed by atoms with E-state index in [9.17, 15) is 0 Å². The molecule has 0 aromatic carbocycles. The van der Waals surface area contributed by atoms with Gasteiger partial charge in [0, 0.05) is 10.4 Å². The molecule has 2 aromatic rings. The Bertz CT molecular complexity index is 530. The minimum Gasteiger partial charge on any atom is -0.382 e. The molecular weight excluding hydrogens is 230 g/mol. The molecule has 3 N–H and O–H groups in total. The van der Waals surface area contributed by atoms with Gasteiger partial charge in [0.05, 0.1) is 10.6 Å². The molecule has 3 nitrogen and oxygen atoms in total. The first-order chi connectivity index (χ1) is 8.16. The van der Waals surface area contributed by atoms with Crippen molar-refractivity contribution in [1.29, 1.82) is 0 Å². The molecule has 0 unspecified atom stereocenters. The molecule has 0 aliphatic heterocycles. The summed E-state index contributed by atoms with van der Waals surface area (Å²) in [6.45, 7) is 4.32. The first-order valence-corrected chi connectivity index (χ1v) is 6.94. The lowest BCUT2D eigenvalue weighted by Crippen LogP contribution is -1.94. The summed E-state index contributed by atoms with van der Waals surface area (Å²) in [5.74, 6) is 1.05. The Morgan fingerprint density at radius 3 is 2.94 bits per heavy atom. The van der Waals surface area contributed by atoms with E-state index < -0.39 is 0 Å². The van der Waals surface area contributed by atoms with E-state index in [0.29, 0.717) is 11.7 Å². The van der Waals surface area contributed by atoms with Crippen molar-refractivity contribution in [2.45, 2.75) is 39.0 Å². The van der Waals surface area contributed by atoms with Gasteiger partial charge in [-0.05, 0) is 36.8 Å². The van der Waals surface area contributed by atoms with Crippen molar-refractivity contribution in [2.75, 3.05) is 5.73 Å². The smallest absolute Gasteiger partial charge is 0.149 e. The summed E-state index contributed by atoms with van der Waals surface area (Å²) in [6, 6.07) is 2.31. The first kappa shape index (κ1) is 10.8. The number of hydrogen-bond acceptors (Lipinski definition) is 3. The number of aromatic nitrogens is 2. The third kappa shape index (κ3) is 1.67. The number of aryl methyl sites for hydroxylation is 2. The summed E-state index contributed by atoms with van der Waals surface area (Å²) >= 11 is 1.89. The molecule has 17 heavy (non-hydrogen) atoms. The van der Waals surface area contributed by atoms with Crippen molar-refractivity contribution in [3.8, 4) is 10.6 Å². The van der Waals surface area contributed by atoms with Crippen molar-refractivity contribution in [2.24, 2.45) is 0 Å². The highest BCUT2D eigenvalue weighted by molar-refractivity contribution is 7.15. The summed E-state index contributed by atoms with van der Waals surface area (Å²) < 4.78 is 0. The predicted octanol–water partition coefficient (Wildman–Crippen LogP) is 3.33. The maximum absolute atomic E-state index is 5.93. The number of fused-ring (bicyclic) bond motifs is 1. The molecule has 2 aromatic heterocycles. The maximum Gasteiger partial charge on any atom is 0.149 e. The van der Waals surface area contributed by atoms with Crippen LogP contribution in [0.3, 0.4) is 0 Å². The Morgan fingerprint density at radius 2 is 2.24 bits per heavy atom. The van der Waals surface area contributed by atoms with Crippen molar-refractivity contribution in [1.82, 2.24) is 10.2 Å². The van der Waals surface area contributed by atoms with Crippen molar-refractivity contribution in [3.05, 3.63) is 22.1 Å². The molecule has 0 atom stereocenters. The van der Waals surface area contributed by atoms with E-state index in [1.165, 1.54) is 29.7 Å². The second kappa shape index (κ2) is 3.88. The quantitative estimate of drug-likeness (QED) is 0.855. The minimum atomic E-state index is 0.403. The van der Waals surface area contributed by atoms with Gasteiger partial charge in [0.1, 0.15) is 5.82 Å². The van der Waals surface area contributed by atoms with E-state index in [1.54, 1.807) is 4.88 Å². The number of nitrogens with two attached hydrogens (primary N) is 1. The minimum absolute atomic E-state index is 0.403. The number of nitrogens with one attached hydrogen (secondary N) is 1. The standard InChI is InChI=1S/C13H17N3S/c1-7(2)11-12(15-16-13(11)14)10-6-8-4-3-5-9(8)17-10/h6-7H,3-5H2,1-2H3,(H3,14,15,16). The van der Waals surface area contributed by atoms with Gasteiger partial charge in [0.15, 0.2) is 0 Å². The Labute approximate surface area is 105 Å². The number of nitrogen functional groups attached to an aromatic ring is 1. The zero-order valence-electron chi connectivity index (χ0n) is 10.2. The Kier molecular flexibility index (Phi) is 2.47. The molecule has 0 amide bonds. The normalized spacial score (nSPS) is 14.5. The molecule has 0 saturated carbocycles. The van der Waals surface area contributed by atoms with Crippen molar-refractivity contribution >= 4 is 17.2 Å². The van der Waals surface area contributed by atoms with Crippen LogP contribution in [-0.4, -0.2) is 10.2 Å². The van der Waals surface area contributed by atoms with Gasteiger partial charge in [-0.3, -0.25) is 5.10 Å². The second-order valence-electron chi connectivity index (χ2n) is 4.96. The van der Waals surface area contributed by atoms with Crippen LogP contribution in [0, 0.1) is 0 Å². The summed E-state index contributed by atoms with van der Waals surface area (Å²) in [5, 5.41) is 7.25. The van der Waals surface area contributed by atoms with E-state index in [0.717, 1.165) is 11.3 Å². The second-order valence-corrected chi connectivity index (χ2v) is 6.10. The molecule has 0 saturated heterocycles. The fraction of sp³-hybridized carbons (Fsp3) is 0.462. The van der Waals surface area contributed by atoms with Gasteiger partial charge < -0.3 is 5.73 Å². The molecule has 1 aliphatic rings. The van der Waals surface area contributed by atoms with Crippen LogP contribution >= 0.6 is 11.3 Å². The third-order valence-corrected chi connectivity index (χ3v) is 4.66. The van der Waals surface area contributed by atoms with Gasteiger partial charge in [-0.1, -0.05) is 13.8 Å². The molecule has 1 aliphatic carbocycles. The number of thiophene rings is 1. The monoisotopic (exact) mass is 247 g/mol. The molecular formula is C13H17N3S. The van der Waals surface area contributed by atoms with Crippen LogP contribution in [0.15, 0.2) is 6.07 Å². The largest absolute Gasteiger partial charge is 0.382 e. The van der Waals surface area contributed by atoms with Gasteiger partial charge in [0.25, 0.3) is 0 Å². The lowest BCUT2D eigenvalue weighted by atomic mass is 10.0. The molecule has 0 radical (unpaired) electrons. The molecule has 0 fully saturated rings. The summed E-state index contributed by atoms with van der Waals surface area (Å²) in [6.07, 6.45) is 3.77. The Morgan fingerprint density at radius 1 is 1.41 bits per heavy atom. The number of nitrogens with zero attached hydrogens (tertiary/aromatic N) is 1. The summed E-state index contributed by atoms with van der Waals surface area (Å²) in [5.41, 5.74) is 9.73. The number of rotatable bonds is 2. The molecule has 0 bridgehead atoms. The average Bonchev–Trinajstić information content (AvgIpc) is 2.88. The first-order valence-electron chi connectivity index (χ1n) is 6.12. The highest BCUT2D eigenvalue weighted by Crippen LogP contribution is 2.39. The Hall–Kier alpha value is -1.29. The van der Waals surface area contributed by atoms with Crippen LogP contribution in [0.25, 0.3) is 10.6 Å².